The van der Waals surface area contributed by atoms with Crippen molar-refractivity contribution in [3.05, 3.63) is 49.6 Å². The molecule has 0 aromatic rings. The lowest BCUT2D eigenvalue weighted by Gasteiger charge is -2.42. The summed E-state index contributed by atoms with van der Waals surface area (Å²) in [5.74, 6) is -0.891. The summed E-state index contributed by atoms with van der Waals surface area (Å²) in [6.45, 7) is 20.7. The minimum atomic E-state index is -0.891. The van der Waals surface area contributed by atoms with Gasteiger partial charge in [-0.25, -0.2) is 4.79 Å². The lowest BCUT2D eigenvalue weighted by molar-refractivity contribution is -0.131. The quantitative estimate of drug-likeness (QED) is 0.508. The summed E-state index contributed by atoms with van der Waals surface area (Å²) in [7, 11) is 0. The van der Waals surface area contributed by atoms with Gasteiger partial charge in [0.2, 0.25) is 0 Å². The maximum absolute atomic E-state index is 9.51. The van der Waals surface area contributed by atoms with Gasteiger partial charge in [-0.3, -0.25) is 0 Å². The third-order valence-corrected chi connectivity index (χ3v) is 3.75. The first-order chi connectivity index (χ1) is 10.7. The molecule has 0 bridgehead atoms. The Balaban J connectivity index is 0. The molecule has 1 saturated carbocycles. The number of ether oxygens (including phenoxy) is 1. The molecule has 2 aliphatic rings. The normalized spacial score (nSPS) is 23.6. The number of rotatable bonds is 1. The lowest BCUT2D eigenvalue weighted by Crippen LogP contribution is -2.38. The Morgan fingerprint density at radius 1 is 1.26 bits per heavy atom. The molecular weight excluding hydrogens is 288 g/mol. The smallest absolute Gasteiger partial charge is 0.327 e. The van der Waals surface area contributed by atoms with E-state index in [0.717, 1.165) is 12.7 Å². The molecule has 0 aromatic heterocycles. The number of hydrogen-bond acceptors (Lipinski definition) is 2. The van der Waals surface area contributed by atoms with Crippen molar-refractivity contribution in [3.8, 4) is 0 Å². The number of allylic oxidation sites excluding steroid dienone is 2. The van der Waals surface area contributed by atoms with E-state index in [2.05, 4.69) is 46.6 Å². The Morgan fingerprint density at radius 2 is 1.78 bits per heavy atom. The Morgan fingerprint density at radius 3 is 2.13 bits per heavy atom. The molecule has 1 aliphatic heterocycles. The molecule has 1 unspecified atom stereocenters. The molecule has 1 heterocycles. The van der Waals surface area contributed by atoms with Gasteiger partial charge in [-0.15, -0.1) is 19.7 Å². The second kappa shape index (κ2) is 11.9. The standard InChI is InChI=1S/C11H18O.C4H6O2.C3H6.C2H4/c1-10(2)6-4-7-11(3)9(10)5-8-12-11;1-2-3-4(5)6;1-3-2;1-2/h5H,4,6-8H2,1-3H3;2-3H,1H3,(H,5,6);3H,1H2,2H3;1-2H2/b;3-2+;;. The van der Waals surface area contributed by atoms with E-state index in [1.54, 1.807) is 18.6 Å². The highest BCUT2D eigenvalue weighted by molar-refractivity contribution is 5.79. The molecule has 2 rings (SSSR count). The monoisotopic (exact) mass is 322 g/mol. The van der Waals surface area contributed by atoms with Gasteiger partial charge in [0.05, 0.1) is 12.2 Å². The van der Waals surface area contributed by atoms with Crippen molar-refractivity contribution in [3.63, 3.8) is 0 Å². The van der Waals surface area contributed by atoms with E-state index >= 15 is 0 Å². The van der Waals surface area contributed by atoms with Crippen LogP contribution in [0.2, 0.25) is 0 Å². The van der Waals surface area contributed by atoms with Crippen molar-refractivity contribution in [2.45, 2.75) is 59.5 Å². The van der Waals surface area contributed by atoms with Crippen LogP contribution in [0, 0.1) is 5.41 Å². The molecule has 132 valence electrons. The van der Waals surface area contributed by atoms with Gasteiger partial charge < -0.3 is 9.84 Å². The van der Waals surface area contributed by atoms with E-state index < -0.39 is 5.97 Å². The van der Waals surface area contributed by atoms with Gasteiger partial charge >= 0.3 is 5.97 Å². The third kappa shape index (κ3) is 8.56. The third-order valence-electron chi connectivity index (χ3n) is 3.75. The van der Waals surface area contributed by atoms with Crippen molar-refractivity contribution in [1.29, 1.82) is 0 Å². The van der Waals surface area contributed by atoms with Gasteiger partial charge in [0.25, 0.3) is 0 Å². The largest absolute Gasteiger partial charge is 0.478 e. The minimum absolute atomic E-state index is 0.0851. The summed E-state index contributed by atoms with van der Waals surface area (Å²) in [5.41, 5.74) is 2.01. The van der Waals surface area contributed by atoms with Crippen LogP contribution in [0.4, 0.5) is 0 Å². The molecule has 1 atom stereocenters. The number of fused-ring (bicyclic) bond motifs is 1. The average molecular weight is 322 g/mol. The number of carboxylic acid groups (broad SMARTS) is 1. The zero-order chi connectivity index (χ0) is 18.5. The number of carbonyl (C=O) groups is 1. The molecule has 0 amide bonds. The Bertz CT molecular complexity index is 419. The van der Waals surface area contributed by atoms with Crippen LogP contribution in [0.25, 0.3) is 0 Å². The summed E-state index contributed by atoms with van der Waals surface area (Å²) in [4.78, 5) is 9.51. The second-order valence-corrected chi connectivity index (χ2v) is 6.14. The van der Waals surface area contributed by atoms with Crippen molar-refractivity contribution in [1.82, 2.24) is 0 Å². The lowest BCUT2D eigenvalue weighted by atomic mass is 9.67. The van der Waals surface area contributed by atoms with Crippen LogP contribution in [0.15, 0.2) is 49.6 Å². The predicted molar refractivity (Wildman–Crippen MR) is 99.6 cm³/mol. The van der Waals surface area contributed by atoms with Gasteiger partial charge in [0, 0.05) is 6.08 Å². The predicted octanol–water partition coefficient (Wildman–Crippen LogP) is 5.55. The van der Waals surface area contributed by atoms with Crippen LogP contribution < -0.4 is 0 Å². The maximum Gasteiger partial charge on any atom is 0.327 e. The molecule has 0 radical (unpaired) electrons. The molecule has 0 aromatic carbocycles. The highest BCUT2D eigenvalue weighted by Gasteiger charge is 2.44. The van der Waals surface area contributed by atoms with Crippen LogP contribution in [0.1, 0.15) is 53.9 Å². The Kier molecular flexibility index (Phi) is 12.2. The fraction of sp³-hybridized carbons (Fsp3) is 0.550. The first-order valence-electron chi connectivity index (χ1n) is 8.01. The van der Waals surface area contributed by atoms with Crippen LogP contribution in [0.3, 0.4) is 0 Å². The van der Waals surface area contributed by atoms with Crippen molar-refractivity contribution in [2.75, 3.05) is 6.61 Å². The molecule has 0 spiro atoms. The molecule has 23 heavy (non-hydrogen) atoms. The highest BCUT2D eigenvalue weighted by atomic mass is 16.5. The van der Waals surface area contributed by atoms with Gasteiger partial charge in [-0.2, -0.15) is 0 Å². The maximum atomic E-state index is 9.51. The van der Waals surface area contributed by atoms with Crippen LogP contribution in [-0.2, 0) is 9.53 Å². The van der Waals surface area contributed by atoms with E-state index in [1.165, 1.54) is 25.3 Å². The summed E-state index contributed by atoms with van der Waals surface area (Å²) in [5, 5.41) is 7.83. The minimum Gasteiger partial charge on any atom is -0.478 e. The zero-order valence-corrected chi connectivity index (χ0v) is 15.5. The van der Waals surface area contributed by atoms with E-state index in [-0.39, 0.29) is 5.60 Å². The van der Waals surface area contributed by atoms with Crippen LogP contribution in [-0.4, -0.2) is 23.3 Å². The SMILES string of the molecule is C/C=C/C(=O)O.C=C.C=CC.CC1(C)CCCC2(C)OCC=C12. The molecule has 0 saturated heterocycles. The fourth-order valence-corrected chi connectivity index (χ4v) is 2.95. The van der Waals surface area contributed by atoms with Crippen LogP contribution in [0.5, 0.6) is 0 Å². The van der Waals surface area contributed by atoms with Crippen LogP contribution >= 0.6 is 0 Å². The Labute approximate surface area is 142 Å². The van der Waals surface area contributed by atoms with Gasteiger partial charge in [0.15, 0.2) is 0 Å². The number of carboxylic acids is 1. The number of hydrogen-bond donors (Lipinski definition) is 1. The second-order valence-electron chi connectivity index (χ2n) is 6.14. The van der Waals surface area contributed by atoms with Crippen molar-refractivity contribution >= 4 is 5.97 Å². The molecule has 1 N–H and O–H groups in total. The zero-order valence-electron chi connectivity index (χ0n) is 15.5. The highest BCUT2D eigenvalue weighted by Crippen LogP contribution is 2.49. The summed E-state index contributed by atoms with van der Waals surface area (Å²) < 4.78 is 5.79. The molecular formula is C20H34O3. The Hall–Kier alpha value is -1.61. The summed E-state index contributed by atoms with van der Waals surface area (Å²) in [6, 6.07) is 0. The van der Waals surface area contributed by atoms with Gasteiger partial charge in [-0.05, 0) is 51.0 Å². The topological polar surface area (TPSA) is 46.5 Å². The van der Waals surface area contributed by atoms with E-state index in [0.29, 0.717) is 5.41 Å². The molecule has 3 heteroatoms. The molecule has 1 aliphatic carbocycles. The summed E-state index contributed by atoms with van der Waals surface area (Å²) in [6.07, 6.45) is 10.4. The van der Waals surface area contributed by atoms with E-state index in [1.807, 2.05) is 6.92 Å². The van der Waals surface area contributed by atoms with Gasteiger partial charge in [-0.1, -0.05) is 32.1 Å². The molecule has 1 fully saturated rings. The van der Waals surface area contributed by atoms with Crippen molar-refractivity contribution < 1.29 is 14.6 Å². The fourth-order valence-electron chi connectivity index (χ4n) is 2.95. The van der Waals surface area contributed by atoms with Crippen molar-refractivity contribution in [2.24, 2.45) is 5.41 Å². The van der Waals surface area contributed by atoms with Gasteiger partial charge in [0.1, 0.15) is 0 Å². The average Bonchev–Trinajstić information content (AvgIpc) is 2.85. The summed E-state index contributed by atoms with van der Waals surface area (Å²) >= 11 is 0. The van der Waals surface area contributed by atoms with E-state index in [4.69, 9.17) is 9.84 Å². The first-order valence-corrected chi connectivity index (χ1v) is 8.01. The van der Waals surface area contributed by atoms with E-state index in [9.17, 15) is 4.79 Å². The molecule has 3 nitrogen and oxygen atoms in total. The number of aliphatic carboxylic acids is 1. The first kappa shape index (κ1) is 23.7.